The van der Waals surface area contributed by atoms with E-state index in [9.17, 15) is 9.90 Å². The molecule has 118 valence electrons. The van der Waals surface area contributed by atoms with Crippen molar-refractivity contribution in [3.05, 3.63) is 65.9 Å². The molecule has 6 heteroatoms. The number of furan rings is 2. The molecule has 0 aliphatic heterocycles. The number of hydrogen-bond donors (Lipinski definition) is 2. The molecule has 3 heterocycles. The van der Waals surface area contributed by atoms with Crippen molar-refractivity contribution in [3.63, 3.8) is 0 Å². The molecule has 0 radical (unpaired) electrons. The largest absolute Gasteiger partial charge is 0.467 e. The van der Waals surface area contributed by atoms with Gasteiger partial charge in [0.25, 0.3) is 5.91 Å². The van der Waals surface area contributed by atoms with Crippen LogP contribution >= 0.6 is 0 Å². The van der Waals surface area contributed by atoms with Gasteiger partial charge in [-0.25, -0.2) is 4.98 Å². The fourth-order valence-corrected chi connectivity index (χ4v) is 2.23. The first-order valence-corrected chi connectivity index (χ1v) is 7.16. The molecule has 0 aliphatic rings. The average molecular weight is 312 g/mol. The van der Waals surface area contributed by atoms with Crippen LogP contribution in [-0.2, 0) is 0 Å². The number of amides is 1. The minimum atomic E-state index is -0.885. The van der Waals surface area contributed by atoms with Crippen LogP contribution in [0.4, 0.5) is 0 Å². The zero-order valence-corrected chi connectivity index (χ0v) is 12.5. The van der Waals surface area contributed by atoms with E-state index in [1.54, 1.807) is 49.6 Å². The molecule has 3 aromatic heterocycles. The fourth-order valence-electron chi connectivity index (χ4n) is 2.23. The Morgan fingerprint density at radius 1 is 1.22 bits per heavy atom. The van der Waals surface area contributed by atoms with Gasteiger partial charge in [0, 0.05) is 0 Å². The number of carbonyl (C=O) groups is 1. The van der Waals surface area contributed by atoms with Gasteiger partial charge in [0.15, 0.2) is 5.76 Å². The molecule has 0 spiro atoms. The molecule has 2 N–H and O–H groups in total. The topological polar surface area (TPSA) is 88.5 Å². The Bertz CT molecular complexity index is 779. The van der Waals surface area contributed by atoms with Crippen LogP contribution in [-0.4, -0.2) is 22.5 Å². The number of aliphatic hydroxyl groups is 1. The summed E-state index contributed by atoms with van der Waals surface area (Å²) in [5.41, 5.74) is 1.70. The Labute approximate surface area is 132 Å². The third-order valence-electron chi connectivity index (χ3n) is 3.43. The number of rotatable bonds is 5. The molecular weight excluding hydrogens is 296 g/mol. The van der Waals surface area contributed by atoms with E-state index < -0.39 is 6.10 Å². The van der Waals surface area contributed by atoms with E-state index in [-0.39, 0.29) is 12.5 Å². The van der Waals surface area contributed by atoms with Crippen LogP contribution in [0.3, 0.4) is 0 Å². The lowest BCUT2D eigenvalue weighted by atomic mass is 10.1. The summed E-state index contributed by atoms with van der Waals surface area (Å²) in [4.78, 5) is 16.6. The molecule has 0 fully saturated rings. The summed E-state index contributed by atoms with van der Waals surface area (Å²) < 4.78 is 10.4. The standard InChI is InChI=1S/C17H16N2O4/c1-11-12(6-7-13(19-11)15-4-2-8-22-15)17(21)18-10-14(20)16-5-3-9-23-16/h2-9,14,20H,10H2,1H3,(H,18,21). The second-order valence-electron chi connectivity index (χ2n) is 5.05. The van der Waals surface area contributed by atoms with Crippen LogP contribution in [0.5, 0.6) is 0 Å². The molecule has 3 aromatic rings. The van der Waals surface area contributed by atoms with Gasteiger partial charge in [-0.2, -0.15) is 0 Å². The Kier molecular flexibility index (Phi) is 4.25. The predicted octanol–water partition coefficient (Wildman–Crippen LogP) is 2.71. The smallest absolute Gasteiger partial charge is 0.253 e. The lowest BCUT2D eigenvalue weighted by molar-refractivity contribution is 0.0900. The Balaban J connectivity index is 1.68. The summed E-state index contributed by atoms with van der Waals surface area (Å²) in [5.74, 6) is 0.758. The first kappa shape index (κ1) is 15.1. The highest BCUT2D eigenvalue weighted by Gasteiger charge is 2.15. The van der Waals surface area contributed by atoms with Crippen molar-refractivity contribution in [1.82, 2.24) is 10.3 Å². The highest BCUT2D eigenvalue weighted by Crippen LogP contribution is 2.19. The SMILES string of the molecule is Cc1nc(-c2ccco2)ccc1C(=O)NCC(O)c1ccco1. The van der Waals surface area contributed by atoms with Crippen molar-refractivity contribution in [2.75, 3.05) is 6.54 Å². The van der Waals surface area contributed by atoms with E-state index in [4.69, 9.17) is 8.83 Å². The average Bonchev–Trinajstić information content (AvgIpc) is 3.24. The molecule has 1 atom stereocenters. The third kappa shape index (κ3) is 3.32. The molecule has 0 saturated carbocycles. The zero-order valence-electron chi connectivity index (χ0n) is 12.5. The Morgan fingerprint density at radius 3 is 2.65 bits per heavy atom. The highest BCUT2D eigenvalue weighted by molar-refractivity contribution is 5.95. The van der Waals surface area contributed by atoms with Crippen molar-refractivity contribution in [3.8, 4) is 11.5 Å². The van der Waals surface area contributed by atoms with Gasteiger partial charge in [0.2, 0.25) is 0 Å². The van der Waals surface area contributed by atoms with Crippen LogP contribution in [0.25, 0.3) is 11.5 Å². The Morgan fingerprint density at radius 2 is 2.00 bits per heavy atom. The fraction of sp³-hybridized carbons (Fsp3) is 0.176. The molecule has 0 saturated heterocycles. The zero-order chi connectivity index (χ0) is 16.2. The first-order chi connectivity index (χ1) is 11.1. The molecule has 0 bridgehead atoms. The second kappa shape index (κ2) is 6.50. The summed E-state index contributed by atoms with van der Waals surface area (Å²) in [5, 5.41) is 12.6. The lowest BCUT2D eigenvalue weighted by Gasteiger charge is -2.11. The molecular formula is C17H16N2O4. The summed E-state index contributed by atoms with van der Waals surface area (Å²) in [6, 6.07) is 10.3. The van der Waals surface area contributed by atoms with Crippen LogP contribution in [0, 0.1) is 6.92 Å². The van der Waals surface area contributed by atoms with Crippen LogP contribution in [0.1, 0.15) is 27.9 Å². The number of nitrogens with zero attached hydrogens (tertiary/aromatic N) is 1. The van der Waals surface area contributed by atoms with E-state index in [1.807, 2.05) is 0 Å². The number of aliphatic hydroxyl groups excluding tert-OH is 1. The monoisotopic (exact) mass is 312 g/mol. The van der Waals surface area contributed by atoms with E-state index >= 15 is 0 Å². The summed E-state index contributed by atoms with van der Waals surface area (Å²) in [7, 11) is 0. The highest BCUT2D eigenvalue weighted by atomic mass is 16.4. The van der Waals surface area contributed by atoms with Crippen molar-refractivity contribution in [1.29, 1.82) is 0 Å². The van der Waals surface area contributed by atoms with Crippen molar-refractivity contribution < 1.29 is 18.7 Å². The molecule has 23 heavy (non-hydrogen) atoms. The minimum Gasteiger partial charge on any atom is -0.467 e. The molecule has 0 aliphatic carbocycles. The van der Waals surface area contributed by atoms with Gasteiger partial charge in [0.05, 0.1) is 30.3 Å². The van der Waals surface area contributed by atoms with E-state index in [2.05, 4.69) is 10.3 Å². The molecule has 0 aromatic carbocycles. The maximum atomic E-state index is 12.2. The van der Waals surface area contributed by atoms with Crippen LogP contribution in [0.2, 0.25) is 0 Å². The second-order valence-corrected chi connectivity index (χ2v) is 5.05. The molecule has 3 rings (SSSR count). The van der Waals surface area contributed by atoms with E-state index in [1.165, 1.54) is 6.26 Å². The normalized spacial score (nSPS) is 12.1. The summed E-state index contributed by atoms with van der Waals surface area (Å²) in [6.07, 6.45) is 2.16. The number of aryl methyl sites for hydroxylation is 1. The molecule has 6 nitrogen and oxygen atoms in total. The predicted molar refractivity (Wildman–Crippen MR) is 82.7 cm³/mol. The van der Waals surface area contributed by atoms with Gasteiger partial charge in [0.1, 0.15) is 17.6 Å². The maximum absolute atomic E-state index is 12.2. The minimum absolute atomic E-state index is 0.0612. The molecule has 1 amide bonds. The maximum Gasteiger partial charge on any atom is 0.253 e. The van der Waals surface area contributed by atoms with Gasteiger partial charge < -0.3 is 19.3 Å². The third-order valence-corrected chi connectivity index (χ3v) is 3.43. The number of carbonyl (C=O) groups excluding carboxylic acids is 1. The first-order valence-electron chi connectivity index (χ1n) is 7.16. The van der Waals surface area contributed by atoms with Crippen molar-refractivity contribution in [2.24, 2.45) is 0 Å². The Hall–Kier alpha value is -2.86. The van der Waals surface area contributed by atoms with Crippen LogP contribution < -0.4 is 5.32 Å². The van der Waals surface area contributed by atoms with Gasteiger partial charge in [-0.15, -0.1) is 0 Å². The van der Waals surface area contributed by atoms with Crippen molar-refractivity contribution in [2.45, 2.75) is 13.0 Å². The summed E-state index contributed by atoms with van der Waals surface area (Å²) in [6.45, 7) is 1.82. The quantitative estimate of drug-likeness (QED) is 0.756. The number of aromatic nitrogens is 1. The van der Waals surface area contributed by atoms with E-state index in [0.29, 0.717) is 28.5 Å². The van der Waals surface area contributed by atoms with Gasteiger partial charge in [-0.05, 0) is 43.3 Å². The van der Waals surface area contributed by atoms with Gasteiger partial charge in [-0.3, -0.25) is 4.79 Å². The number of nitrogens with one attached hydrogen (secondary N) is 1. The summed E-state index contributed by atoms with van der Waals surface area (Å²) >= 11 is 0. The lowest BCUT2D eigenvalue weighted by Crippen LogP contribution is -2.29. The van der Waals surface area contributed by atoms with Crippen molar-refractivity contribution >= 4 is 5.91 Å². The van der Waals surface area contributed by atoms with E-state index in [0.717, 1.165) is 0 Å². The molecule has 1 unspecified atom stereocenters. The van der Waals surface area contributed by atoms with Gasteiger partial charge in [-0.1, -0.05) is 0 Å². The number of pyridine rings is 1. The van der Waals surface area contributed by atoms with Gasteiger partial charge >= 0.3 is 0 Å². The number of hydrogen-bond acceptors (Lipinski definition) is 5. The van der Waals surface area contributed by atoms with Crippen LogP contribution in [0.15, 0.2) is 57.8 Å².